The van der Waals surface area contributed by atoms with Crippen molar-refractivity contribution in [3.8, 4) is 5.75 Å². The van der Waals surface area contributed by atoms with E-state index in [2.05, 4.69) is 26.5 Å². The standard InChI is InChI=1S/C14H13BrN2O2S/c1-10-2-4-11(5-3-10)19-9-14(18)17-16-8-12-6-7-13(15)20-12/h2-8H,9H2,1H3,(H,17,18)/b16-8+. The molecule has 0 bridgehead atoms. The van der Waals surface area contributed by atoms with Crippen LogP contribution in [0.3, 0.4) is 0 Å². The molecule has 0 aliphatic rings. The number of thiophene rings is 1. The van der Waals surface area contributed by atoms with Gasteiger partial charge in [0.2, 0.25) is 0 Å². The van der Waals surface area contributed by atoms with Crippen molar-refractivity contribution in [2.45, 2.75) is 6.92 Å². The monoisotopic (exact) mass is 352 g/mol. The Balaban J connectivity index is 1.75. The minimum absolute atomic E-state index is 0.0610. The van der Waals surface area contributed by atoms with E-state index in [1.54, 1.807) is 6.21 Å². The molecule has 2 aromatic rings. The Bertz CT molecular complexity index is 608. The van der Waals surface area contributed by atoms with Crippen molar-refractivity contribution in [3.63, 3.8) is 0 Å². The SMILES string of the molecule is Cc1ccc(OCC(=O)N/N=C/c2ccc(Br)s2)cc1. The summed E-state index contributed by atoms with van der Waals surface area (Å²) in [4.78, 5) is 12.5. The van der Waals surface area contributed by atoms with Gasteiger partial charge in [0.1, 0.15) is 5.75 Å². The van der Waals surface area contributed by atoms with E-state index in [-0.39, 0.29) is 12.5 Å². The largest absolute Gasteiger partial charge is 0.484 e. The lowest BCUT2D eigenvalue weighted by molar-refractivity contribution is -0.123. The second-order valence-corrected chi connectivity index (χ2v) is 6.53. The fourth-order valence-electron chi connectivity index (χ4n) is 1.38. The van der Waals surface area contributed by atoms with Crippen molar-refractivity contribution in [2.75, 3.05) is 6.61 Å². The van der Waals surface area contributed by atoms with Crippen molar-refractivity contribution in [1.29, 1.82) is 0 Å². The summed E-state index contributed by atoms with van der Waals surface area (Å²) in [5.41, 5.74) is 3.57. The highest BCUT2D eigenvalue weighted by Crippen LogP contribution is 2.20. The number of carbonyl (C=O) groups is 1. The number of nitrogens with zero attached hydrogens (tertiary/aromatic N) is 1. The summed E-state index contributed by atoms with van der Waals surface area (Å²) in [6, 6.07) is 11.4. The van der Waals surface area contributed by atoms with Gasteiger partial charge in [-0.2, -0.15) is 5.10 Å². The molecule has 0 spiro atoms. The first-order valence-electron chi connectivity index (χ1n) is 5.90. The van der Waals surface area contributed by atoms with Gasteiger partial charge in [0, 0.05) is 4.88 Å². The molecule has 0 saturated carbocycles. The Hall–Kier alpha value is -1.66. The number of hydrogen-bond donors (Lipinski definition) is 1. The fourth-order valence-corrected chi connectivity index (χ4v) is 2.68. The van der Waals surface area contributed by atoms with Gasteiger partial charge in [-0.3, -0.25) is 4.79 Å². The van der Waals surface area contributed by atoms with Crippen LogP contribution in [0.15, 0.2) is 45.3 Å². The zero-order chi connectivity index (χ0) is 14.4. The first-order chi connectivity index (χ1) is 9.63. The summed E-state index contributed by atoms with van der Waals surface area (Å²) in [7, 11) is 0. The molecule has 1 heterocycles. The van der Waals surface area contributed by atoms with Gasteiger partial charge in [0.25, 0.3) is 5.91 Å². The molecule has 1 aromatic heterocycles. The number of nitrogens with one attached hydrogen (secondary N) is 1. The maximum atomic E-state index is 11.5. The number of halogens is 1. The summed E-state index contributed by atoms with van der Waals surface area (Å²) in [6.07, 6.45) is 1.60. The Morgan fingerprint density at radius 3 is 2.75 bits per heavy atom. The van der Waals surface area contributed by atoms with E-state index in [1.165, 1.54) is 11.3 Å². The van der Waals surface area contributed by atoms with Gasteiger partial charge in [-0.1, -0.05) is 17.7 Å². The number of carbonyl (C=O) groups excluding carboxylic acids is 1. The van der Waals surface area contributed by atoms with Gasteiger partial charge >= 0.3 is 0 Å². The first-order valence-corrected chi connectivity index (χ1v) is 7.51. The van der Waals surface area contributed by atoms with Gasteiger partial charge < -0.3 is 4.74 Å². The van der Waals surface area contributed by atoms with E-state index >= 15 is 0 Å². The highest BCUT2D eigenvalue weighted by Gasteiger charge is 2.01. The molecular weight excluding hydrogens is 340 g/mol. The van der Waals surface area contributed by atoms with E-state index in [0.717, 1.165) is 14.2 Å². The van der Waals surface area contributed by atoms with Crippen LogP contribution in [0.4, 0.5) is 0 Å². The molecule has 0 saturated heterocycles. The fraction of sp³-hybridized carbons (Fsp3) is 0.143. The number of benzene rings is 1. The molecule has 0 atom stereocenters. The van der Waals surface area contributed by atoms with Crippen LogP contribution in [0.1, 0.15) is 10.4 Å². The van der Waals surface area contributed by atoms with Crippen LogP contribution in [0.25, 0.3) is 0 Å². The predicted molar refractivity (Wildman–Crippen MR) is 84.4 cm³/mol. The molecule has 0 fully saturated rings. The highest BCUT2D eigenvalue weighted by molar-refractivity contribution is 9.11. The number of hydrazone groups is 1. The van der Waals surface area contributed by atoms with Crippen molar-refractivity contribution in [3.05, 3.63) is 50.6 Å². The quantitative estimate of drug-likeness (QED) is 0.662. The third kappa shape index (κ3) is 4.79. The third-order valence-electron chi connectivity index (χ3n) is 2.37. The van der Waals surface area contributed by atoms with Crippen molar-refractivity contribution in [1.82, 2.24) is 5.43 Å². The molecule has 1 amide bonds. The molecule has 20 heavy (non-hydrogen) atoms. The van der Waals surface area contributed by atoms with Crippen LogP contribution in [0.5, 0.6) is 5.75 Å². The molecule has 6 heteroatoms. The van der Waals surface area contributed by atoms with Gasteiger partial charge in [-0.05, 0) is 47.1 Å². The van der Waals surface area contributed by atoms with E-state index in [4.69, 9.17) is 4.74 Å². The smallest absolute Gasteiger partial charge is 0.277 e. The summed E-state index contributed by atoms with van der Waals surface area (Å²) >= 11 is 4.89. The number of hydrogen-bond acceptors (Lipinski definition) is 4. The summed E-state index contributed by atoms with van der Waals surface area (Å²) in [6.45, 7) is 1.93. The first kappa shape index (κ1) is 14.7. The zero-order valence-corrected chi connectivity index (χ0v) is 13.2. The Kier molecular flexibility index (Phi) is 5.31. The van der Waals surface area contributed by atoms with Crippen LogP contribution in [-0.4, -0.2) is 18.7 Å². The molecule has 2 rings (SSSR count). The summed E-state index contributed by atoms with van der Waals surface area (Å²) < 4.78 is 6.36. The zero-order valence-electron chi connectivity index (χ0n) is 10.8. The highest BCUT2D eigenvalue weighted by atomic mass is 79.9. The number of amides is 1. The van der Waals surface area contributed by atoms with Crippen LogP contribution in [-0.2, 0) is 4.79 Å². The number of rotatable bonds is 5. The molecule has 1 N–H and O–H groups in total. The lowest BCUT2D eigenvalue weighted by Crippen LogP contribution is -2.24. The molecule has 104 valence electrons. The van der Waals surface area contributed by atoms with Crippen molar-refractivity contribution in [2.24, 2.45) is 5.10 Å². The molecule has 0 aliphatic carbocycles. The number of ether oxygens (including phenoxy) is 1. The maximum Gasteiger partial charge on any atom is 0.277 e. The number of aryl methyl sites for hydroxylation is 1. The minimum atomic E-state index is -0.294. The summed E-state index contributed by atoms with van der Waals surface area (Å²) in [5.74, 6) is 0.370. The predicted octanol–water partition coefficient (Wildman–Crippen LogP) is 3.35. The average molecular weight is 353 g/mol. The normalized spacial score (nSPS) is 10.7. The average Bonchev–Trinajstić information content (AvgIpc) is 2.84. The summed E-state index contributed by atoms with van der Waals surface area (Å²) in [5, 5.41) is 3.87. The van der Waals surface area contributed by atoms with E-state index in [9.17, 15) is 4.79 Å². The van der Waals surface area contributed by atoms with Crippen molar-refractivity contribution >= 4 is 39.4 Å². The lowest BCUT2D eigenvalue weighted by atomic mass is 10.2. The second kappa shape index (κ2) is 7.21. The minimum Gasteiger partial charge on any atom is -0.484 e. The van der Waals surface area contributed by atoms with E-state index in [0.29, 0.717) is 5.75 Å². The topological polar surface area (TPSA) is 50.7 Å². The molecule has 0 aliphatic heterocycles. The molecule has 0 unspecified atom stereocenters. The van der Waals surface area contributed by atoms with Crippen LogP contribution < -0.4 is 10.2 Å². The Morgan fingerprint density at radius 2 is 2.10 bits per heavy atom. The van der Waals surface area contributed by atoms with Crippen LogP contribution in [0, 0.1) is 6.92 Å². The van der Waals surface area contributed by atoms with Crippen LogP contribution in [0.2, 0.25) is 0 Å². The van der Waals surface area contributed by atoms with Gasteiger partial charge in [0.15, 0.2) is 6.61 Å². The van der Waals surface area contributed by atoms with Crippen molar-refractivity contribution < 1.29 is 9.53 Å². The molecule has 1 aromatic carbocycles. The Morgan fingerprint density at radius 1 is 1.35 bits per heavy atom. The van der Waals surface area contributed by atoms with E-state index < -0.39 is 0 Å². The maximum absolute atomic E-state index is 11.5. The Labute approximate surface area is 129 Å². The second-order valence-electron chi connectivity index (χ2n) is 4.04. The van der Waals surface area contributed by atoms with Gasteiger partial charge in [-0.25, -0.2) is 5.43 Å². The molecular formula is C14H13BrN2O2S. The van der Waals surface area contributed by atoms with Crippen LogP contribution >= 0.6 is 27.3 Å². The third-order valence-corrected chi connectivity index (χ3v) is 3.92. The van der Waals surface area contributed by atoms with E-state index in [1.807, 2.05) is 43.3 Å². The lowest BCUT2D eigenvalue weighted by Gasteiger charge is -2.04. The molecule has 0 radical (unpaired) electrons. The van der Waals surface area contributed by atoms with Gasteiger partial charge in [-0.15, -0.1) is 11.3 Å². The molecule has 4 nitrogen and oxygen atoms in total. The van der Waals surface area contributed by atoms with Gasteiger partial charge in [0.05, 0.1) is 10.0 Å².